The molecule has 0 radical (unpaired) electrons. The quantitative estimate of drug-likeness (QED) is 0.486. The predicted octanol–water partition coefficient (Wildman–Crippen LogP) is 3.24. The average Bonchev–Trinajstić information content (AvgIpc) is 2.53. The van der Waals surface area contributed by atoms with E-state index in [2.05, 4.69) is 0 Å². The number of carbonyl (C=O) groups excluding carboxylic acids is 3. The van der Waals surface area contributed by atoms with Crippen LogP contribution >= 0.6 is 0 Å². The lowest BCUT2D eigenvalue weighted by Gasteiger charge is -2.30. The summed E-state index contributed by atoms with van der Waals surface area (Å²) in [6.45, 7) is 2.85. The molecule has 0 fully saturated rings. The highest BCUT2D eigenvalue weighted by molar-refractivity contribution is 6.05. The largest absolute Gasteiger partial charge is 0.431 e. The Morgan fingerprint density at radius 2 is 1.73 bits per heavy atom. The molecule has 0 unspecified atom stereocenters. The summed E-state index contributed by atoms with van der Waals surface area (Å²) < 4.78 is 5.15. The molecule has 0 aliphatic heterocycles. The first kappa shape index (κ1) is 15.9. The van der Waals surface area contributed by atoms with Crippen LogP contribution in [-0.4, -0.2) is 17.5 Å². The van der Waals surface area contributed by atoms with Crippen LogP contribution in [0.25, 0.3) is 0 Å². The van der Waals surface area contributed by atoms with E-state index in [1.807, 2.05) is 6.07 Å². The van der Waals surface area contributed by atoms with E-state index in [1.165, 1.54) is 20.1 Å². The summed E-state index contributed by atoms with van der Waals surface area (Å²) in [5.41, 5.74) is 0.0733. The predicted molar refractivity (Wildman–Crippen MR) is 82.1 cm³/mol. The van der Waals surface area contributed by atoms with Crippen molar-refractivity contribution in [3.63, 3.8) is 0 Å². The maximum atomic E-state index is 11.9. The molecule has 1 aromatic rings. The zero-order valence-corrected chi connectivity index (χ0v) is 12.7. The van der Waals surface area contributed by atoms with Crippen LogP contribution in [0.15, 0.2) is 54.3 Å². The second-order valence-electron chi connectivity index (χ2n) is 5.44. The number of ether oxygens (including phenoxy) is 1. The van der Waals surface area contributed by atoms with Crippen LogP contribution in [0.4, 0.5) is 0 Å². The van der Waals surface area contributed by atoms with Crippen molar-refractivity contribution in [3.8, 4) is 0 Å². The van der Waals surface area contributed by atoms with E-state index >= 15 is 0 Å². The Kier molecular flexibility index (Phi) is 4.71. The molecule has 0 saturated heterocycles. The third-order valence-electron chi connectivity index (χ3n) is 3.98. The highest BCUT2D eigenvalue weighted by atomic mass is 16.5. The first-order chi connectivity index (χ1) is 10.5. The van der Waals surface area contributed by atoms with Crippen molar-refractivity contribution >= 4 is 17.5 Å². The van der Waals surface area contributed by atoms with Gasteiger partial charge in [-0.25, -0.2) is 4.79 Å². The van der Waals surface area contributed by atoms with Crippen molar-refractivity contribution in [3.05, 3.63) is 59.9 Å². The molecule has 1 aliphatic carbocycles. The fraction of sp³-hybridized carbons (Fsp3) is 0.278. The van der Waals surface area contributed by atoms with Crippen molar-refractivity contribution in [2.45, 2.75) is 26.7 Å². The monoisotopic (exact) mass is 298 g/mol. The first-order valence-corrected chi connectivity index (χ1v) is 7.09. The van der Waals surface area contributed by atoms with Crippen molar-refractivity contribution in [2.75, 3.05) is 0 Å². The molecule has 0 bridgehead atoms. The van der Waals surface area contributed by atoms with Crippen LogP contribution in [0.3, 0.4) is 0 Å². The lowest BCUT2D eigenvalue weighted by Crippen LogP contribution is -2.37. The van der Waals surface area contributed by atoms with Crippen molar-refractivity contribution < 1.29 is 19.1 Å². The molecule has 1 aromatic carbocycles. The van der Waals surface area contributed by atoms with E-state index in [-0.39, 0.29) is 18.0 Å². The highest BCUT2D eigenvalue weighted by Crippen LogP contribution is 2.37. The van der Waals surface area contributed by atoms with E-state index in [1.54, 1.807) is 36.4 Å². The van der Waals surface area contributed by atoms with E-state index in [0.717, 1.165) is 0 Å². The average molecular weight is 298 g/mol. The Labute approximate surface area is 129 Å². The standard InChI is InChI=1S/C18H18O4/c1-13(19)18(14(2)20)10-6-7-15(11-18)12-22-17(21)16-8-4-3-5-9-16/h3-9,12H,10-11H2,1-2H3/b15-12+. The van der Waals surface area contributed by atoms with Gasteiger partial charge in [-0.15, -0.1) is 0 Å². The van der Waals surface area contributed by atoms with Gasteiger partial charge in [0.25, 0.3) is 0 Å². The summed E-state index contributed by atoms with van der Waals surface area (Å²) >= 11 is 0. The van der Waals surface area contributed by atoms with Gasteiger partial charge < -0.3 is 4.74 Å². The zero-order valence-electron chi connectivity index (χ0n) is 12.7. The molecule has 0 heterocycles. The number of carbonyl (C=O) groups is 3. The van der Waals surface area contributed by atoms with Gasteiger partial charge in [-0.05, 0) is 44.4 Å². The number of esters is 1. The molecular formula is C18H18O4. The van der Waals surface area contributed by atoms with Gasteiger partial charge in [0, 0.05) is 0 Å². The first-order valence-electron chi connectivity index (χ1n) is 7.09. The minimum atomic E-state index is -1.03. The van der Waals surface area contributed by atoms with Gasteiger partial charge in [0.2, 0.25) is 0 Å². The van der Waals surface area contributed by atoms with Crippen LogP contribution < -0.4 is 0 Å². The third-order valence-corrected chi connectivity index (χ3v) is 3.98. The normalized spacial score (nSPS) is 18.0. The van der Waals surface area contributed by atoms with E-state index in [4.69, 9.17) is 4.74 Å². The van der Waals surface area contributed by atoms with Gasteiger partial charge in [0.15, 0.2) is 0 Å². The fourth-order valence-corrected chi connectivity index (χ4v) is 2.53. The van der Waals surface area contributed by atoms with Crippen LogP contribution in [-0.2, 0) is 14.3 Å². The lowest BCUT2D eigenvalue weighted by atomic mass is 9.70. The third kappa shape index (κ3) is 3.22. The molecule has 4 nitrogen and oxygen atoms in total. The summed E-state index contributed by atoms with van der Waals surface area (Å²) in [4.78, 5) is 35.6. The number of hydrogen-bond donors (Lipinski definition) is 0. The lowest BCUT2D eigenvalue weighted by molar-refractivity contribution is -0.138. The highest BCUT2D eigenvalue weighted by Gasteiger charge is 2.41. The Balaban J connectivity index is 2.14. The SMILES string of the molecule is CC(=O)C1(C(C)=O)CC=C/C(=C\OC(=O)c2ccccc2)C1. The maximum Gasteiger partial charge on any atom is 0.342 e. The number of Topliss-reactive ketones (excluding diaryl/α,β-unsaturated/α-hetero) is 2. The van der Waals surface area contributed by atoms with Crippen LogP contribution in [0.5, 0.6) is 0 Å². The molecule has 0 aromatic heterocycles. The number of ketones is 2. The molecule has 0 spiro atoms. The molecule has 0 saturated carbocycles. The Morgan fingerprint density at radius 3 is 2.32 bits per heavy atom. The van der Waals surface area contributed by atoms with E-state index < -0.39 is 11.4 Å². The summed E-state index contributed by atoms with van der Waals surface area (Å²) in [5, 5.41) is 0. The molecular weight excluding hydrogens is 280 g/mol. The van der Waals surface area contributed by atoms with Crippen LogP contribution in [0.1, 0.15) is 37.0 Å². The second kappa shape index (κ2) is 6.52. The van der Waals surface area contributed by atoms with Crippen LogP contribution in [0.2, 0.25) is 0 Å². The van der Waals surface area contributed by atoms with Gasteiger partial charge in [0.05, 0.1) is 17.2 Å². The molecule has 114 valence electrons. The maximum absolute atomic E-state index is 11.9. The number of allylic oxidation sites excluding steroid dienone is 3. The summed E-state index contributed by atoms with van der Waals surface area (Å²) in [7, 11) is 0. The van der Waals surface area contributed by atoms with E-state index in [9.17, 15) is 14.4 Å². The zero-order chi connectivity index (χ0) is 16.2. The van der Waals surface area contributed by atoms with E-state index in [0.29, 0.717) is 17.6 Å². The Morgan fingerprint density at radius 1 is 1.09 bits per heavy atom. The fourth-order valence-electron chi connectivity index (χ4n) is 2.53. The number of benzene rings is 1. The summed E-state index contributed by atoms with van der Waals surface area (Å²) in [6, 6.07) is 8.63. The molecule has 0 amide bonds. The van der Waals surface area contributed by atoms with Crippen molar-refractivity contribution in [1.29, 1.82) is 0 Å². The van der Waals surface area contributed by atoms with Crippen molar-refractivity contribution in [1.82, 2.24) is 0 Å². The molecule has 0 N–H and O–H groups in total. The van der Waals surface area contributed by atoms with Gasteiger partial charge in [-0.1, -0.05) is 30.4 Å². The van der Waals surface area contributed by atoms with Crippen LogP contribution in [0, 0.1) is 5.41 Å². The summed E-state index contributed by atoms with van der Waals surface area (Å²) in [6.07, 6.45) is 5.53. The molecule has 22 heavy (non-hydrogen) atoms. The Hall–Kier alpha value is -2.49. The molecule has 2 rings (SSSR count). The van der Waals surface area contributed by atoms with Gasteiger partial charge in [0.1, 0.15) is 11.6 Å². The Bertz CT molecular complexity index is 639. The smallest absolute Gasteiger partial charge is 0.342 e. The summed E-state index contributed by atoms with van der Waals surface area (Å²) in [5.74, 6) is -0.794. The van der Waals surface area contributed by atoms with Crippen molar-refractivity contribution in [2.24, 2.45) is 5.41 Å². The van der Waals surface area contributed by atoms with Gasteiger partial charge in [-0.3, -0.25) is 9.59 Å². The number of hydrogen-bond acceptors (Lipinski definition) is 4. The molecule has 0 atom stereocenters. The molecule has 4 heteroatoms. The van der Waals surface area contributed by atoms with Gasteiger partial charge >= 0.3 is 5.97 Å². The minimum absolute atomic E-state index is 0.162. The minimum Gasteiger partial charge on any atom is -0.431 e. The van der Waals surface area contributed by atoms with Gasteiger partial charge in [-0.2, -0.15) is 0 Å². The number of rotatable bonds is 4. The second-order valence-corrected chi connectivity index (χ2v) is 5.44. The molecule has 1 aliphatic rings. The topological polar surface area (TPSA) is 60.4 Å².